The maximum atomic E-state index is 12.9. The molecule has 0 atom stereocenters. The van der Waals surface area contributed by atoms with Crippen molar-refractivity contribution in [1.82, 2.24) is 5.32 Å². The molecule has 3 aromatic rings. The van der Waals surface area contributed by atoms with Crippen LogP contribution < -0.4 is 20.3 Å². The van der Waals surface area contributed by atoms with Gasteiger partial charge < -0.3 is 15.0 Å². The van der Waals surface area contributed by atoms with Crippen LogP contribution in [0.25, 0.3) is 0 Å². The van der Waals surface area contributed by atoms with Crippen molar-refractivity contribution >= 4 is 40.5 Å². The van der Waals surface area contributed by atoms with Crippen LogP contribution in [0, 0.1) is 0 Å². The van der Waals surface area contributed by atoms with Crippen LogP contribution in [0.2, 0.25) is 0 Å². The molecule has 0 radical (unpaired) electrons. The van der Waals surface area contributed by atoms with Crippen LogP contribution in [0.3, 0.4) is 0 Å². The molecule has 6 nitrogen and oxygen atoms in total. The molecule has 0 aliphatic heterocycles. The summed E-state index contributed by atoms with van der Waals surface area (Å²) in [6, 6.07) is 23.5. The van der Waals surface area contributed by atoms with Gasteiger partial charge in [0.05, 0.1) is 6.61 Å². The first-order chi connectivity index (χ1) is 16.5. The fraction of sp³-hybridized carbons (Fsp3) is 0.222. The summed E-state index contributed by atoms with van der Waals surface area (Å²) in [6.07, 6.45) is 2.05. The highest BCUT2D eigenvalue weighted by molar-refractivity contribution is 7.80. The molecule has 2 N–H and O–H groups in total. The van der Waals surface area contributed by atoms with E-state index >= 15 is 0 Å². The van der Waals surface area contributed by atoms with E-state index in [2.05, 4.69) is 17.6 Å². The van der Waals surface area contributed by atoms with Gasteiger partial charge in [0, 0.05) is 29.0 Å². The highest BCUT2D eigenvalue weighted by atomic mass is 32.1. The Kier molecular flexibility index (Phi) is 9.17. The summed E-state index contributed by atoms with van der Waals surface area (Å²) < 4.78 is 5.62. The third-order valence-electron chi connectivity index (χ3n) is 5.13. The maximum Gasteiger partial charge on any atom is 0.258 e. The quantitative estimate of drug-likeness (QED) is 0.309. The Hall–Kier alpha value is -3.71. The summed E-state index contributed by atoms with van der Waals surface area (Å²) >= 11 is 5.27. The molecule has 0 aromatic heterocycles. The second-order valence-electron chi connectivity index (χ2n) is 7.60. The second kappa shape index (κ2) is 12.5. The van der Waals surface area contributed by atoms with Crippen LogP contribution in [-0.4, -0.2) is 30.1 Å². The normalized spacial score (nSPS) is 10.3. The lowest BCUT2D eigenvalue weighted by atomic mass is 10.1. The Morgan fingerprint density at radius 2 is 1.53 bits per heavy atom. The van der Waals surface area contributed by atoms with E-state index in [1.807, 2.05) is 37.3 Å². The number of carbonyl (C=O) groups is 2. The Bertz CT molecular complexity index is 1100. The number of anilines is 2. The van der Waals surface area contributed by atoms with E-state index < -0.39 is 0 Å². The summed E-state index contributed by atoms with van der Waals surface area (Å²) in [5.74, 6) is 0.332. The van der Waals surface area contributed by atoms with Crippen LogP contribution in [-0.2, 0) is 0 Å². The van der Waals surface area contributed by atoms with E-state index in [4.69, 9.17) is 17.0 Å². The molecule has 176 valence electrons. The first-order valence-corrected chi connectivity index (χ1v) is 11.7. The number of carbonyl (C=O) groups excluding carboxylic acids is 2. The van der Waals surface area contributed by atoms with Crippen LogP contribution >= 0.6 is 12.2 Å². The predicted molar refractivity (Wildman–Crippen MR) is 141 cm³/mol. The average molecular weight is 476 g/mol. The zero-order valence-electron chi connectivity index (χ0n) is 19.4. The molecule has 34 heavy (non-hydrogen) atoms. The summed E-state index contributed by atoms with van der Waals surface area (Å²) in [5.41, 5.74) is 2.56. The van der Waals surface area contributed by atoms with E-state index in [1.165, 1.54) is 0 Å². The first kappa shape index (κ1) is 24.9. The third kappa shape index (κ3) is 6.89. The standard InChI is InChI=1S/C27H29N3O3S/c1-3-5-19-33-24-17-13-20(14-18-24)25(31)29-27(34)28-22-15-11-21(12-16-22)26(32)30(4-2)23-9-7-6-8-10-23/h6-18H,3-5,19H2,1-2H3,(H2,28,29,31,34). The SMILES string of the molecule is CCCCOc1ccc(C(=O)NC(=S)Nc2ccc(C(=O)N(CC)c3ccccc3)cc2)cc1. The van der Waals surface area contributed by atoms with Crippen molar-refractivity contribution in [3.8, 4) is 5.75 Å². The minimum absolute atomic E-state index is 0.0850. The number of rotatable bonds is 9. The van der Waals surface area contributed by atoms with Crippen molar-refractivity contribution in [2.45, 2.75) is 26.7 Å². The molecule has 0 saturated carbocycles. The van der Waals surface area contributed by atoms with Crippen LogP contribution in [0.15, 0.2) is 78.9 Å². The van der Waals surface area contributed by atoms with E-state index in [0.29, 0.717) is 30.0 Å². The van der Waals surface area contributed by atoms with Crippen LogP contribution in [0.4, 0.5) is 11.4 Å². The summed E-state index contributed by atoms with van der Waals surface area (Å²) in [7, 11) is 0. The number of para-hydroxylation sites is 1. The monoisotopic (exact) mass is 475 g/mol. The second-order valence-corrected chi connectivity index (χ2v) is 8.01. The third-order valence-corrected chi connectivity index (χ3v) is 5.33. The van der Waals surface area contributed by atoms with Gasteiger partial charge in [-0.05, 0) is 86.2 Å². The molecule has 7 heteroatoms. The molecule has 0 bridgehead atoms. The largest absolute Gasteiger partial charge is 0.494 e. The lowest BCUT2D eigenvalue weighted by Gasteiger charge is -2.21. The number of benzene rings is 3. The van der Waals surface area contributed by atoms with Gasteiger partial charge >= 0.3 is 0 Å². The maximum absolute atomic E-state index is 12.9. The minimum Gasteiger partial charge on any atom is -0.494 e. The average Bonchev–Trinajstić information content (AvgIpc) is 2.86. The number of nitrogens with zero attached hydrogens (tertiary/aromatic N) is 1. The zero-order valence-corrected chi connectivity index (χ0v) is 20.2. The van der Waals surface area contributed by atoms with Crippen molar-refractivity contribution in [2.75, 3.05) is 23.4 Å². The Balaban J connectivity index is 1.55. The van der Waals surface area contributed by atoms with E-state index in [9.17, 15) is 9.59 Å². The molecule has 0 unspecified atom stereocenters. The Labute approximate surface area is 205 Å². The van der Waals surface area contributed by atoms with Gasteiger partial charge in [-0.1, -0.05) is 31.5 Å². The molecule has 3 aromatic carbocycles. The van der Waals surface area contributed by atoms with Crippen LogP contribution in [0.5, 0.6) is 5.75 Å². The molecule has 0 fully saturated rings. The smallest absolute Gasteiger partial charge is 0.258 e. The van der Waals surface area contributed by atoms with Crippen molar-refractivity contribution < 1.29 is 14.3 Å². The zero-order chi connectivity index (χ0) is 24.3. The molecule has 0 saturated heterocycles. The molecule has 0 aliphatic carbocycles. The summed E-state index contributed by atoms with van der Waals surface area (Å²) in [4.78, 5) is 27.1. The van der Waals surface area contributed by atoms with Crippen molar-refractivity contribution in [1.29, 1.82) is 0 Å². The highest BCUT2D eigenvalue weighted by Gasteiger charge is 2.16. The predicted octanol–water partition coefficient (Wildman–Crippen LogP) is 5.66. The van der Waals surface area contributed by atoms with Gasteiger partial charge in [-0.2, -0.15) is 0 Å². The van der Waals surface area contributed by atoms with Gasteiger partial charge in [-0.25, -0.2) is 0 Å². The Morgan fingerprint density at radius 3 is 2.15 bits per heavy atom. The molecule has 2 amide bonds. The lowest BCUT2D eigenvalue weighted by molar-refractivity contribution is 0.0973. The number of unbranched alkanes of at least 4 members (excludes halogenated alkanes) is 1. The number of amides is 2. The summed E-state index contributed by atoms with van der Waals surface area (Å²) in [6.45, 7) is 5.26. The van der Waals surface area contributed by atoms with E-state index in [1.54, 1.807) is 53.4 Å². The van der Waals surface area contributed by atoms with Gasteiger partial charge in [0.25, 0.3) is 11.8 Å². The van der Waals surface area contributed by atoms with Gasteiger partial charge in [0.1, 0.15) is 5.75 Å². The molecular formula is C27H29N3O3S. The van der Waals surface area contributed by atoms with Crippen molar-refractivity contribution in [2.24, 2.45) is 0 Å². The van der Waals surface area contributed by atoms with Crippen molar-refractivity contribution in [3.63, 3.8) is 0 Å². The number of thiocarbonyl (C=S) groups is 1. The summed E-state index contributed by atoms with van der Waals surface area (Å²) in [5, 5.41) is 5.82. The molecule has 0 aliphatic rings. The van der Waals surface area contributed by atoms with Gasteiger partial charge in [0.2, 0.25) is 0 Å². The fourth-order valence-corrected chi connectivity index (χ4v) is 3.49. The number of nitrogens with one attached hydrogen (secondary N) is 2. The lowest BCUT2D eigenvalue weighted by Crippen LogP contribution is -2.34. The van der Waals surface area contributed by atoms with Gasteiger partial charge in [0.15, 0.2) is 5.11 Å². The first-order valence-electron chi connectivity index (χ1n) is 11.3. The highest BCUT2D eigenvalue weighted by Crippen LogP contribution is 2.18. The number of hydrogen-bond donors (Lipinski definition) is 2. The number of hydrogen-bond acceptors (Lipinski definition) is 4. The molecule has 0 heterocycles. The van der Waals surface area contributed by atoms with Gasteiger partial charge in [-0.15, -0.1) is 0 Å². The minimum atomic E-state index is -0.314. The number of ether oxygens (including phenoxy) is 1. The fourth-order valence-electron chi connectivity index (χ4n) is 3.28. The molecule has 0 spiro atoms. The van der Waals surface area contributed by atoms with Gasteiger partial charge in [-0.3, -0.25) is 14.9 Å². The van der Waals surface area contributed by atoms with Crippen LogP contribution in [0.1, 0.15) is 47.4 Å². The Morgan fingerprint density at radius 1 is 0.882 bits per heavy atom. The van der Waals surface area contributed by atoms with E-state index in [0.717, 1.165) is 24.3 Å². The molecule has 3 rings (SSSR count). The molecular weight excluding hydrogens is 446 g/mol. The van der Waals surface area contributed by atoms with Crippen molar-refractivity contribution in [3.05, 3.63) is 90.0 Å². The topological polar surface area (TPSA) is 70.7 Å². The van der Waals surface area contributed by atoms with E-state index in [-0.39, 0.29) is 16.9 Å².